The first-order chi connectivity index (χ1) is 18.8. The van der Waals surface area contributed by atoms with Crippen LogP contribution in [-0.4, -0.2) is 73.1 Å². The quantitative estimate of drug-likeness (QED) is 0.441. The Labute approximate surface area is 235 Å². The fraction of sp³-hybridized carbons (Fsp3) is 0.414. The van der Waals surface area contributed by atoms with E-state index in [2.05, 4.69) is 21.4 Å². The van der Waals surface area contributed by atoms with Crippen LogP contribution in [0.4, 0.5) is 0 Å². The Morgan fingerprint density at radius 1 is 1.05 bits per heavy atom. The molecule has 0 aliphatic carbocycles. The van der Waals surface area contributed by atoms with E-state index in [4.69, 9.17) is 27.2 Å². The minimum absolute atomic E-state index is 0.306. The van der Waals surface area contributed by atoms with Crippen LogP contribution in [0.1, 0.15) is 34.4 Å². The van der Waals surface area contributed by atoms with Gasteiger partial charge in [0.05, 0.1) is 30.2 Å². The van der Waals surface area contributed by atoms with Gasteiger partial charge in [0, 0.05) is 80.2 Å². The number of aryl methyl sites for hydroxylation is 1. The van der Waals surface area contributed by atoms with Crippen molar-refractivity contribution >= 4 is 21.6 Å². The zero-order valence-corrected chi connectivity index (χ0v) is 23.8. The standard InChI is InChI=1S/C29H34ClN5O3S/c1-39(36,37)34-14-11-28-26(21-34)29(32-35(28)13-4-12-33-15-17-38-18-16-33)24-9-10-27(30)23(19-24)8-7-22-5-2-3-6-25(22)20-31/h2-3,5-6,9-10,19H,4,11-18,20-21,31H2,1H3. The average Bonchev–Trinajstić information content (AvgIpc) is 3.31. The molecule has 3 aromatic rings. The lowest BCUT2D eigenvalue weighted by Gasteiger charge is -2.27. The van der Waals surface area contributed by atoms with Crippen LogP contribution >= 0.6 is 11.6 Å². The van der Waals surface area contributed by atoms with E-state index in [-0.39, 0.29) is 0 Å². The van der Waals surface area contributed by atoms with Gasteiger partial charge in [0.1, 0.15) is 0 Å². The molecule has 2 N–H and O–H groups in total. The van der Waals surface area contributed by atoms with Crippen molar-refractivity contribution in [2.45, 2.75) is 32.5 Å². The van der Waals surface area contributed by atoms with Crippen molar-refractivity contribution in [1.29, 1.82) is 0 Å². The molecule has 0 radical (unpaired) electrons. The molecule has 3 heterocycles. The first-order valence-corrected chi connectivity index (χ1v) is 15.5. The minimum Gasteiger partial charge on any atom is -0.379 e. The zero-order valence-electron chi connectivity index (χ0n) is 22.2. The molecule has 0 saturated carbocycles. The number of halogens is 1. The summed E-state index contributed by atoms with van der Waals surface area (Å²) in [5.74, 6) is 6.42. The number of rotatable bonds is 7. The summed E-state index contributed by atoms with van der Waals surface area (Å²) in [6.07, 6.45) is 2.85. The first kappa shape index (κ1) is 27.8. The second-order valence-electron chi connectivity index (χ2n) is 9.96. The van der Waals surface area contributed by atoms with Crippen LogP contribution in [0.5, 0.6) is 0 Å². The van der Waals surface area contributed by atoms with E-state index in [1.165, 1.54) is 10.6 Å². The van der Waals surface area contributed by atoms with Gasteiger partial charge in [-0.2, -0.15) is 9.40 Å². The van der Waals surface area contributed by atoms with Crippen LogP contribution in [0.2, 0.25) is 5.02 Å². The molecule has 39 heavy (non-hydrogen) atoms. The maximum Gasteiger partial charge on any atom is 0.211 e. The third kappa shape index (κ3) is 6.55. The van der Waals surface area contributed by atoms with Gasteiger partial charge in [-0.3, -0.25) is 9.58 Å². The number of sulfonamides is 1. The molecule has 2 aliphatic heterocycles. The van der Waals surface area contributed by atoms with Crippen molar-refractivity contribution < 1.29 is 13.2 Å². The molecular formula is C29H34ClN5O3S. The molecule has 0 amide bonds. The van der Waals surface area contributed by atoms with E-state index in [0.29, 0.717) is 36.6 Å². The zero-order chi connectivity index (χ0) is 27.4. The number of nitrogens with zero attached hydrogens (tertiary/aromatic N) is 4. The van der Waals surface area contributed by atoms with Gasteiger partial charge in [0.2, 0.25) is 10.0 Å². The lowest BCUT2D eigenvalue weighted by Crippen LogP contribution is -2.37. The Kier molecular flexibility index (Phi) is 8.72. The summed E-state index contributed by atoms with van der Waals surface area (Å²) in [5, 5.41) is 5.57. The van der Waals surface area contributed by atoms with Crippen molar-refractivity contribution in [3.63, 3.8) is 0 Å². The summed E-state index contributed by atoms with van der Waals surface area (Å²) in [4.78, 5) is 2.42. The number of nitrogens with two attached hydrogens (primary N) is 1. The number of hydrogen-bond donors (Lipinski definition) is 1. The Morgan fingerprint density at radius 3 is 2.59 bits per heavy atom. The molecule has 2 aromatic carbocycles. The van der Waals surface area contributed by atoms with Crippen molar-refractivity contribution in [3.05, 3.63) is 75.4 Å². The third-order valence-corrected chi connectivity index (χ3v) is 8.90. The van der Waals surface area contributed by atoms with Gasteiger partial charge in [-0.15, -0.1) is 0 Å². The number of aromatic nitrogens is 2. The van der Waals surface area contributed by atoms with Gasteiger partial charge in [0.15, 0.2) is 0 Å². The molecule has 206 valence electrons. The monoisotopic (exact) mass is 567 g/mol. The molecule has 1 aromatic heterocycles. The highest BCUT2D eigenvalue weighted by molar-refractivity contribution is 7.88. The molecule has 0 unspecified atom stereocenters. The van der Waals surface area contributed by atoms with Crippen molar-refractivity contribution in [3.8, 4) is 23.1 Å². The molecule has 2 aliphatic rings. The van der Waals surface area contributed by atoms with Crippen LogP contribution in [0.3, 0.4) is 0 Å². The van der Waals surface area contributed by atoms with E-state index in [9.17, 15) is 8.42 Å². The molecule has 1 saturated heterocycles. The summed E-state index contributed by atoms with van der Waals surface area (Å²) in [6.45, 7) is 6.39. The fourth-order valence-electron chi connectivity index (χ4n) is 5.16. The maximum atomic E-state index is 12.4. The Hall–Kier alpha value is -2.71. The van der Waals surface area contributed by atoms with Crippen molar-refractivity contribution in [2.75, 3.05) is 45.6 Å². The normalized spacial score (nSPS) is 16.5. The molecule has 0 atom stereocenters. The highest BCUT2D eigenvalue weighted by Gasteiger charge is 2.30. The lowest BCUT2D eigenvalue weighted by molar-refractivity contribution is 0.0368. The largest absolute Gasteiger partial charge is 0.379 e. The van der Waals surface area contributed by atoms with Crippen LogP contribution in [0.15, 0.2) is 42.5 Å². The van der Waals surface area contributed by atoms with E-state index in [1.54, 1.807) is 0 Å². The summed E-state index contributed by atoms with van der Waals surface area (Å²) in [5.41, 5.74) is 12.1. The molecule has 5 rings (SSSR count). The fourth-order valence-corrected chi connectivity index (χ4v) is 6.11. The number of benzene rings is 2. The SMILES string of the molecule is CS(=O)(=O)N1CCc2c(c(-c3ccc(Cl)c(C#Cc4ccccc4CN)c3)nn2CCCN2CCOCC2)C1. The van der Waals surface area contributed by atoms with E-state index < -0.39 is 10.0 Å². The second-order valence-corrected chi connectivity index (χ2v) is 12.3. The third-order valence-electron chi connectivity index (χ3n) is 7.32. The predicted molar refractivity (Wildman–Crippen MR) is 154 cm³/mol. The molecule has 1 fully saturated rings. The van der Waals surface area contributed by atoms with Gasteiger partial charge in [-0.1, -0.05) is 47.7 Å². The molecule has 8 nitrogen and oxygen atoms in total. The van der Waals surface area contributed by atoms with Gasteiger partial charge in [0.25, 0.3) is 0 Å². The molecular weight excluding hydrogens is 534 g/mol. The first-order valence-electron chi connectivity index (χ1n) is 13.3. The highest BCUT2D eigenvalue weighted by Crippen LogP contribution is 2.33. The molecule has 10 heteroatoms. The van der Waals surface area contributed by atoms with Crippen LogP contribution < -0.4 is 5.73 Å². The smallest absolute Gasteiger partial charge is 0.211 e. The van der Waals surface area contributed by atoms with Gasteiger partial charge in [-0.25, -0.2) is 8.42 Å². The van der Waals surface area contributed by atoms with E-state index >= 15 is 0 Å². The number of ether oxygens (including phenoxy) is 1. The highest BCUT2D eigenvalue weighted by atomic mass is 35.5. The van der Waals surface area contributed by atoms with Crippen LogP contribution in [0, 0.1) is 11.8 Å². The second kappa shape index (κ2) is 12.2. The van der Waals surface area contributed by atoms with Crippen molar-refractivity contribution in [2.24, 2.45) is 5.73 Å². The van der Waals surface area contributed by atoms with E-state index in [0.717, 1.165) is 79.5 Å². The molecule has 0 bridgehead atoms. The van der Waals surface area contributed by atoms with Gasteiger partial charge in [-0.05, 0) is 30.2 Å². The van der Waals surface area contributed by atoms with Gasteiger partial charge < -0.3 is 10.5 Å². The number of hydrogen-bond acceptors (Lipinski definition) is 6. The average molecular weight is 568 g/mol. The van der Waals surface area contributed by atoms with Crippen LogP contribution in [0.25, 0.3) is 11.3 Å². The topological polar surface area (TPSA) is 93.7 Å². The summed E-state index contributed by atoms with van der Waals surface area (Å²) in [6, 6.07) is 13.5. The Morgan fingerprint density at radius 2 is 1.82 bits per heavy atom. The minimum atomic E-state index is -3.33. The summed E-state index contributed by atoms with van der Waals surface area (Å²) >= 11 is 6.54. The Balaban J connectivity index is 1.47. The van der Waals surface area contributed by atoms with Crippen LogP contribution in [-0.2, 0) is 40.8 Å². The number of fused-ring (bicyclic) bond motifs is 1. The maximum absolute atomic E-state index is 12.4. The summed E-state index contributed by atoms with van der Waals surface area (Å²) < 4.78 is 33.9. The van der Waals surface area contributed by atoms with E-state index in [1.807, 2.05) is 42.5 Å². The van der Waals surface area contributed by atoms with Gasteiger partial charge >= 0.3 is 0 Å². The predicted octanol–water partition coefficient (Wildman–Crippen LogP) is 3.10. The summed E-state index contributed by atoms with van der Waals surface area (Å²) in [7, 11) is -3.33. The lowest BCUT2D eigenvalue weighted by atomic mass is 10.0. The Bertz CT molecular complexity index is 1500. The van der Waals surface area contributed by atoms with Crippen molar-refractivity contribution in [1.82, 2.24) is 19.0 Å². The molecule has 0 spiro atoms. The number of morpholine rings is 1.